The fourth-order valence-electron chi connectivity index (χ4n) is 2.80. The van der Waals surface area contributed by atoms with E-state index in [1.807, 2.05) is 6.92 Å². The molecule has 0 amide bonds. The fourth-order valence-corrected chi connectivity index (χ4v) is 3.27. The molecule has 1 aromatic carbocycles. The smallest absolute Gasteiger partial charge is 0.179 e. The third-order valence-electron chi connectivity index (χ3n) is 4.81. The molecule has 28 heavy (non-hydrogen) atoms. The first-order chi connectivity index (χ1) is 13.1. The van der Waals surface area contributed by atoms with Crippen molar-refractivity contribution >= 4 is 10.1 Å². The van der Waals surface area contributed by atoms with E-state index in [-0.39, 0.29) is 11.6 Å². The number of hydrogen-bond acceptors (Lipinski definition) is 4. The molecule has 0 saturated carbocycles. The lowest BCUT2D eigenvalue weighted by atomic mass is 10.1. The van der Waals surface area contributed by atoms with Gasteiger partial charge in [0, 0.05) is 0 Å². The summed E-state index contributed by atoms with van der Waals surface area (Å²) in [5.74, 6) is 0. The second kappa shape index (κ2) is 15.0. The number of benzene rings is 1. The molecule has 0 aromatic heterocycles. The highest BCUT2D eigenvalue weighted by molar-refractivity contribution is 7.85. The van der Waals surface area contributed by atoms with Crippen LogP contribution in [0.25, 0.3) is 0 Å². The van der Waals surface area contributed by atoms with Gasteiger partial charge in [0.15, 0.2) is 6.73 Å². The highest BCUT2D eigenvalue weighted by atomic mass is 32.2. The van der Waals surface area contributed by atoms with Gasteiger partial charge in [-0.1, -0.05) is 76.0 Å². The molecular formula is C22H41NO4S. The molecular weight excluding hydrogens is 374 g/mol. The molecule has 0 aliphatic rings. The van der Waals surface area contributed by atoms with Gasteiger partial charge in [0.05, 0.1) is 25.5 Å². The number of hydrogen-bond donors (Lipinski definition) is 1. The summed E-state index contributed by atoms with van der Waals surface area (Å²) in [6.45, 7) is 5.46. The molecule has 1 rings (SSSR count). The van der Waals surface area contributed by atoms with Crippen molar-refractivity contribution in [3.05, 3.63) is 29.8 Å². The van der Waals surface area contributed by atoms with Crippen LogP contribution < -0.4 is 0 Å². The quantitative estimate of drug-likeness (QED) is 0.217. The topological polar surface area (TPSA) is 77.4 Å². The van der Waals surface area contributed by atoms with Crippen molar-refractivity contribution in [1.29, 1.82) is 0 Å². The molecule has 0 atom stereocenters. The van der Waals surface area contributed by atoms with Gasteiger partial charge in [-0.3, -0.25) is 0 Å². The summed E-state index contributed by atoms with van der Waals surface area (Å²) in [4.78, 5) is -0.178. The van der Waals surface area contributed by atoms with Crippen LogP contribution in [0.15, 0.2) is 29.2 Å². The Morgan fingerprint density at radius 3 is 1.68 bits per heavy atom. The average Bonchev–Trinajstić information content (AvgIpc) is 2.63. The second-order valence-corrected chi connectivity index (χ2v) is 9.63. The molecule has 0 bridgehead atoms. The maximum atomic E-state index is 10.4. The van der Waals surface area contributed by atoms with Crippen LogP contribution in [0, 0.1) is 6.92 Å². The van der Waals surface area contributed by atoms with Gasteiger partial charge in [0.2, 0.25) is 0 Å². The molecule has 0 unspecified atom stereocenters. The van der Waals surface area contributed by atoms with Gasteiger partial charge in [0.1, 0.15) is 10.1 Å². The minimum atomic E-state index is -4.27. The molecule has 1 aromatic rings. The average molecular weight is 416 g/mol. The van der Waals surface area contributed by atoms with Crippen LogP contribution in [-0.4, -0.2) is 49.9 Å². The summed E-state index contributed by atoms with van der Waals surface area (Å²) in [5, 5.41) is 9.11. The van der Waals surface area contributed by atoms with E-state index in [1.54, 1.807) is 12.1 Å². The van der Waals surface area contributed by atoms with Crippen LogP contribution in [0.1, 0.15) is 76.7 Å². The number of aliphatic hydroxyl groups is 1. The first-order valence-electron chi connectivity index (χ1n) is 10.6. The normalized spacial score (nSPS) is 11.8. The first-order valence-corrected chi connectivity index (χ1v) is 12.0. The highest BCUT2D eigenvalue weighted by Crippen LogP contribution is 2.11. The van der Waals surface area contributed by atoms with Crippen molar-refractivity contribution in [2.75, 3.05) is 27.4 Å². The summed E-state index contributed by atoms with van der Waals surface area (Å²) in [6.07, 6.45) is 13.8. The second-order valence-electron chi connectivity index (χ2n) is 8.25. The van der Waals surface area contributed by atoms with E-state index in [0.717, 1.165) is 16.6 Å². The Hall–Kier alpha value is -0.950. The van der Waals surface area contributed by atoms with E-state index in [4.69, 9.17) is 5.11 Å². The van der Waals surface area contributed by atoms with Gasteiger partial charge < -0.3 is 14.1 Å². The molecule has 0 aliphatic carbocycles. The van der Waals surface area contributed by atoms with E-state index < -0.39 is 10.1 Å². The molecule has 0 radical (unpaired) electrons. The number of nitrogens with zero attached hydrogens (tertiary/aromatic N) is 1. The molecule has 0 saturated heterocycles. The van der Waals surface area contributed by atoms with Crippen molar-refractivity contribution in [3.63, 3.8) is 0 Å². The van der Waals surface area contributed by atoms with E-state index in [9.17, 15) is 13.0 Å². The van der Waals surface area contributed by atoms with Crippen LogP contribution in [0.3, 0.4) is 0 Å². The third kappa shape index (κ3) is 15.0. The van der Waals surface area contributed by atoms with Gasteiger partial charge in [-0.25, -0.2) is 8.42 Å². The number of aryl methyl sites for hydroxylation is 1. The fraction of sp³-hybridized carbons (Fsp3) is 0.727. The highest BCUT2D eigenvalue weighted by Gasteiger charge is 2.11. The summed E-state index contributed by atoms with van der Waals surface area (Å²) in [5.41, 5.74) is 0.928. The summed E-state index contributed by atoms with van der Waals surface area (Å²) >= 11 is 0. The van der Waals surface area contributed by atoms with Crippen molar-refractivity contribution < 1.29 is 22.6 Å². The predicted octanol–water partition coefficient (Wildman–Crippen LogP) is 4.83. The Morgan fingerprint density at radius 1 is 0.857 bits per heavy atom. The Labute approximate surface area is 173 Å². The van der Waals surface area contributed by atoms with Crippen molar-refractivity contribution in [3.8, 4) is 0 Å². The van der Waals surface area contributed by atoms with Crippen molar-refractivity contribution in [2.45, 2.75) is 83.0 Å². The molecule has 0 aliphatic heterocycles. The summed E-state index contributed by atoms with van der Waals surface area (Å²) in [7, 11) is -0.0876. The number of unbranched alkanes of at least 4 members (excludes halogenated alkanes) is 9. The zero-order valence-corrected chi connectivity index (χ0v) is 19.1. The predicted molar refractivity (Wildman–Crippen MR) is 115 cm³/mol. The Morgan fingerprint density at radius 2 is 1.29 bits per heavy atom. The number of rotatable bonds is 13. The Balaban J connectivity index is 0.000000567. The minimum Gasteiger partial charge on any atom is -0.744 e. The standard InChI is InChI=1S/C15H34NO.C7H8O3S/c1-4-5-6-7-8-9-10-11-12-13-14-16(2,3)15-17;1-6-2-4-7(5-3-6)11(8,9)10/h17H,4-15H2,1-3H3;2-5H,1H3,(H,8,9,10)/q+1;/p-1. The van der Waals surface area contributed by atoms with Crippen LogP contribution in [0.5, 0.6) is 0 Å². The van der Waals surface area contributed by atoms with Gasteiger partial charge in [-0.2, -0.15) is 0 Å². The van der Waals surface area contributed by atoms with E-state index >= 15 is 0 Å². The lowest BCUT2D eigenvalue weighted by Crippen LogP contribution is -2.41. The summed E-state index contributed by atoms with van der Waals surface area (Å²) in [6, 6.07) is 5.78. The third-order valence-corrected chi connectivity index (χ3v) is 5.66. The van der Waals surface area contributed by atoms with E-state index in [0.29, 0.717) is 0 Å². The molecule has 5 nitrogen and oxygen atoms in total. The van der Waals surface area contributed by atoms with Gasteiger partial charge >= 0.3 is 0 Å². The lowest BCUT2D eigenvalue weighted by Gasteiger charge is -2.26. The molecule has 164 valence electrons. The van der Waals surface area contributed by atoms with E-state index in [1.165, 1.54) is 76.3 Å². The van der Waals surface area contributed by atoms with Gasteiger partial charge in [-0.05, 0) is 31.9 Å². The molecule has 6 heteroatoms. The molecule has 0 heterocycles. The first kappa shape index (κ1) is 27.0. The largest absolute Gasteiger partial charge is 0.744 e. The lowest BCUT2D eigenvalue weighted by molar-refractivity contribution is -0.909. The monoisotopic (exact) mass is 415 g/mol. The maximum Gasteiger partial charge on any atom is 0.179 e. The van der Waals surface area contributed by atoms with Gasteiger partial charge in [-0.15, -0.1) is 0 Å². The van der Waals surface area contributed by atoms with Gasteiger partial charge in [0.25, 0.3) is 0 Å². The SMILES string of the molecule is CCCCCCCCCCCC[N+](C)(C)CO.Cc1ccc(S(=O)(=O)[O-])cc1. The maximum absolute atomic E-state index is 10.4. The molecule has 1 N–H and O–H groups in total. The van der Waals surface area contributed by atoms with Crippen LogP contribution >= 0.6 is 0 Å². The zero-order chi connectivity index (χ0) is 21.5. The zero-order valence-electron chi connectivity index (χ0n) is 18.3. The molecule has 0 fully saturated rings. The van der Waals surface area contributed by atoms with Crippen LogP contribution in [0.2, 0.25) is 0 Å². The number of aliphatic hydroxyl groups excluding tert-OH is 1. The number of quaternary nitrogens is 1. The Bertz CT molecular complexity index is 597. The van der Waals surface area contributed by atoms with Crippen molar-refractivity contribution in [1.82, 2.24) is 0 Å². The van der Waals surface area contributed by atoms with Crippen molar-refractivity contribution in [2.24, 2.45) is 0 Å². The van der Waals surface area contributed by atoms with E-state index in [2.05, 4.69) is 21.0 Å². The summed E-state index contributed by atoms with van der Waals surface area (Å²) < 4.78 is 31.9. The minimum absolute atomic E-state index is 0.178. The van der Waals surface area contributed by atoms with Crippen LogP contribution in [0.4, 0.5) is 0 Å². The van der Waals surface area contributed by atoms with Crippen LogP contribution in [-0.2, 0) is 10.1 Å². The Kier molecular flexibility index (Phi) is 14.5. The molecule has 0 spiro atoms.